The molecule has 0 spiro atoms. The molecule has 0 unspecified atom stereocenters. The molecule has 0 aliphatic carbocycles. The van der Waals surface area contributed by atoms with Gasteiger partial charge in [0.1, 0.15) is 0 Å². The molecular weight excluding hydrogens is 302 g/mol. The van der Waals surface area contributed by atoms with E-state index in [0.29, 0.717) is 11.6 Å². The highest BCUT2D eigenvalue weighted by molar-refractivity contribution is 9.10. The zero-order valence-electron chi connectivity index (χ0n) is 11.3. The van der Waals surface area contributed by atoms with Gasteiger partial charge in [-0.15, -0.1) is 0 Å². The fraction of sp³-hybridized carbons (Fsp3) is 0.533. The van der Waals surface area contributed by atoms with E-state index in [9.17, 15) is 0 Å². The van der Waals surface area contributed by atoms with Crippen molar-refractivity contribution in [3.05, 3.63) is 28.2 Å². The Morgan fingerprint density at radius 3 is 2.74 bits per heavy atom. The van der Waals surface area contributed by atoms with Crippen molar-refractivity contribution < 1.29 is 0 Å². The molecule has 1 N–H and O–H groups in total. The summed E-state index contributed by atoms with van der Waals surface area (Å²) in [6.45, 7) is 5.78. The van der Waals surface area contributed by atoms with Gasteiger partial charge in [-0.1, -0.05) is 22.9 Å². The summed E-state index contributed by atoms with van der Waals surface area (Å²) in [5.74, 6) is 0. The fourth-order valence-electron chi connectivity index (χ4n) is 2.59. The van der Waals surface area contributed by atoms with Crippen LogP contribution in [0.4, 0.5) is 5.69 Å². The zero-order chi connectivity index (χ0) is 13.7. The van der Waals surface area contributed by atoms with Crippen LogP contribution in [-0.2, 0) is 0 Å². The number of benzene rings is 1. The average molecular weight is 322 g/mol. The third kappa shape index (κ3) is 4.22. The van der Waals surface area contributed by atoms with Gasteiger partial charge < -0.3 is 10.2 Å². The molecule has 2 rings (SSSR count). The molecule has 1 aromatic carbocycles. The maximum atomic E-state index is 8.98. The lowest BCUT2D eigenvalue weighted by Gasteiger charge is -2.32. The van der Waals surface area contributed by atoms with Gasteiger partial charge in [0.05, 0.1) is 11.6 Å². The van der Waals surface area contributed by atoms with Crippen molar-refractivity contribution >= 4 is 21.6 Å². The van der Waals surface area contributed by atoms with Gasteiger partial charge in [0, 0.05) is 29.3 Å². The molecule has 1 aliphatic heterocycles. The second-order valence-electron chi connectivity index (χ2n) is 5.10. The predicted molar refractivity (Wildman–Crippen MR) is 82.2 cm³/mol. The first-order chi connectivity index (χ1) is 9.21. The first-order valence-corrected chi connectivity index (χ1v) is 7.70. The standard InChI is InChI=1S/C15H20BrN3/c1-2-5-19-6-3-14(4-7-19)18-15-9-12(11-17)8-13(16)10-15/h8-10,14,18H,2-7H2,1H3. The van der Waals surface area contributed by atoms with Crippen molar-refractivity contribution in [2.24, 2.45) is 0 Å². The summed E-state index contributed by atoms with van der Waals surface area (Å²) in [6, 6.07) is 8.52. The third-order valence-corrected chi connectivity index (χ3v) is 3.98. The Morgan fingerprint density at radius 1 is 1.37 bits per heavy atom. The number of nitrogens with one attached hydrogen (secondary N) is 1. The van der Waals surface area contributed by atoms with E-state index < -0.39 is 0 Å². The number of likely N-dealkylation sites (tertiary alicyclic amines) is 1. The summed E-state index contributed by atoms with van der Waals surface area (Å²) in [5.41, 5.74) is 1.74. The number of rotatable bonds is 4. The van der Waals surface area contributed by atoms with E-state index in [1.165, 1.54) is 38.9 Å². The molecule has 1 heterocycles. The maximum Gasteiger partial charge on any atom is 0.0992 e. The Labute approximate surface area is 123 Å². The van der Waals surface area contributed by atoms with Crippen LogP contribution in [0.25, 0.3) is 0 Å². The molecule has 3 nitrogen and oxygen atoms in total. The Bertz CT molecular complexity index is 459. The van der Waals surface area contributed by atoms with Gasteiger partial charge in [0.25, 0.3) is 0 Å². The van der Waals surface area contributed by atoms with Crippen molar-refractivity contribution in [1.82, 2.24) is 4.90 Å². The molecule has 0 bridgehead atoms. The van der Waals surface area contributed by atoms with Crippen molar-refractivity contribution in [2.75, 3.05) is 25.0 Å². The number of hydrogen-bond donors (Lipinski definition) is 1. The summed E-state index contributed by atoms with van der Waals surface area (Å²) in [6.07, 6.45) is 3.58. The number of nitrogens with zero attached hydrogens (tertiary/aromatic N) is 2. The molecule has 0 amide bonds. The van der Waals surface area contributed by atoms with Gasteiger partial charge >= 0.3 is 0 Å². The van der Waals surface area contributed by atoms with Crippen LogP contribution in [0.1, 0.15) is 31.7 Å². The van der Waals surface area contributed by atoms with Gasteiger partial charge in [-0.3, -0.25) is 0 Å². The van der Waals surface area contributed by atoms with Crippen LogP contribution in [0.15, 0.2) is 22.7 Å². The molecule has 0 aromatic heterocycles. The van der Waals surface area contributed by atoms with Crippen LogP contribution in [0.2, 0.25) is 0 Å². The summed E-state index contributed by atoms with van der Waals surface area (Å²) in [4.78, 5) is 2.53. The average Bonchev–Trinajstić information content (AvgIpc) is 2.40. The van der Waals surface area contributed by atoms with Crippen molar-refractivity contribution in [1.29, 1.82) is 5.26 Å². The van der Waals surface area contributed by atoms with E-state index in [1.807, 2.05) is 18.2 Å². The van der Waals surface area contributed by atoms with E-state index in [1.54, 1.807) is 0 Å². The Hall–Kier alpha value is -1.05. The summed E-state index contributed by atoms with van der Waals surface area (Å²) in [5, 5.41) is 12.5. The summed E-state index contributed by atoms with van der Waals surface area (Å²) < 4.78 is 0.956. The number of piperidine rings is 1. The molecule has 4 heteroatoms. The lowest BCUT2D eigenvalue weighted by atomic mass is 10.0. The van der Waals surface area contributed by atoms with E-state index in [2.05, 4.69) is 39.1 Å². The predicted octanol–water partition coefficient (Wildman–Crippen LogP) is 3.61. The molecule has 0 radical (unpaired) electrons. The fourth-order valence-corrected chi connectivity index (χ4v) is 3.08. The molecule has 102 valence electrons. The lowest BCUT2D eigenvalue weighted by molar-refractivity contribution is 0.219. The first kappa shape index (κ1) is 14.4. The van der Waals surface area contributed by atoms with Crippen LogP contribution in [-0.4, -0.2) is 30.6 Å². The number of nitriles is 1. The molecule has 19 heavy (non-hydrogen) atoms. The van der Waals surface area contributed by atoms with Crippen LogP contribution < -0.4 is 5.32 Å². The summed E-state index contributed by atoms with van der Waals surface area (Å²) in [7, 11) is 0. The second kappa shape index (κ2) is 6.93. The van der Waals surface area contributed by atoms with E-state index >= 15 is 0 Å². The highest BCUT2D eigenvalue weighted by atomic mass is 79.9. The second-order valence-corrected chi connectivity index (χ2v) is 6.02. The SMILES string of the molecule is CCCN1CCC(Nc2cc(Br)cc(C#N)c2)CC1. The number of anilines is 1. The van der Waals surface area contributed by atoms with Crippen LogP contribution >= 0.6 is 15.9 Å². The zero-order valence-corrected chi connectivity index (χ0v) is 12.9. The van der Waals surface area contributed by atoms with E-state index in [0.717, 1.165) is 10.2 Å². The monoisotopic (exact) mass is 321 g/mol. The van der Waals surface area contributed by atoms with Crippen molar-refractivity contribution in [3.8, 4) is 6.07 Å². The molecule has 1 saturated heterocycles. The third-order valence-electron chi connectivity index (χ3n) is 3.53. The number of hydrogen-bond acceptors (Lipinski definition) is 3. The highest BCUT2D eigenvalue weighted by Crippen LogP contribution is 2.22. The lowest BCUT2D eigenvalue weighted by Crippen LogP contribution is -2.39. The van der Waals surface area contributed by atoms with Crippen LogP contribution in [0.3, 0.4) is 0 Å². The molecule has 1 aromatic rings. The largest absolute Gasteiger partial charge is 0.382 e. The topological polar surface area (TPSA) is 39.1 Å². The minimum absolute atomic E-state index is 0.522. The van der Waals surface area contributed by atoms with Gasteiger partial charge in [-0.05, 0) is 44.0 Å². The molecule has 1 aliphatic rings. The Morgan fingerprint density at radius 2 is 2.11 bits per heavy atom. The molecule has 0 atom stereocenters. The van der Waals surface area contributed by atoms with Crippen molar-refractivity contribution in [3.63, 3.8) is 0 Å². The smallest absolute Gasteiger partial charge is 0.0992 e. The van der Waals surface area contributed by atoms with Crippen molar-refractivity contribution in [2.45, 2.75) is 32.2 Å². The van der Waals surface area contributed by atoms with Gasteiger partial charge in [0.15, 0.2) is 0 Å². The normalized spacial score (nSPS) is 17.1. The minimum atomic E-state index is 0.522. The Kier molecular flexibility index (Phi) is 5.24. The quantitative estimate of drug-likeness (QED) is 0.920. The van der Waals surface area contributed by atoms with Gasteiger partial charge in [0.2, 0.25) is 0 Å². The van der Waals surface area contributed by atoms with Gasteiger partial charge in [-0.2, -0.15) is 5.26 Å². The van der Waals surface area contributed by atoms with Crippen LogP contribution in [0, 0.1) is 11.3 Å². The minimum Gasteiger partial charge on any atom is -0.382 e. The van der Waals surface area contributed by atoms with E-state index in [-0.39, 0.29) is 0 Å². The Balaban J connectivity index is 1.92. The highest BCUT2D eigenvalue weighted by Gasteiger charge is 2.18. The maximum absolute atomic E-state index is 8.98. The van der Waals surface area contributed by atoms with Gasteiger partial charge in [-0.25, -0.2) is 0 Å². The first-order valence-electron chi connectivity index (χ1n) is 6.91. The number of halogens is 1. The molecular formula is C15H20BrN3. The van der Waals surface area contributed by atoms with Crippen LogP contribution in [0.5, 0.6) is 0 Å². The van der Waals surface area contributed by atoms with E-state index in [4.69, 9.17) is 5.26 Å². The molecule has 1 fully saturated rings. The molecule has 0 saturated carbocycles. The summed E-state index contributed by atoms with van der Waals surface area (Å²) >= 11 is 3.45.